The molecule has 1 N–H and O–H groups in total. The van der Waals surface area contributed by atoms with Crippen LogP contribution in [0.2, 0.25) is 0 Å². The first-order chi connectivity index (χ1) is 15.3. The predicted octanol–water partition coefficient (Wildman–Crippen LogP) is 3.32. The Kier molecular flexibility index (Phi) is 5.72. The molecule has 0 unspecified atom stereocenters. The first-order valence-corrected chi connectivity index (χ1v) is 10.2. The molecule has 0 bridgehead atoms. The Morgan fingerprint density at radius 1 is 1.12 bits per heavy atom. The number of anilines is 1. The van der Waals surface area contributed by atoms with Gasteiger partial charge >= 0.3 is 0 Å². The van der Waals surface area contributed by atoms with Crippen molar-refractivity contribution in [3.63, 3.8) is 0 Å². The number of amides is 2. The second-order valence-electron chi connectivity index (χ2n) is 7.76. The van der Waals surface area contributed by atoms with Gasteiger partial charge in [-0.3, -0.25) is 9.59 Å². The average molecular weight is 432 g/mol. The summed E-state index contributed by atoms with van der Waals surface area (Å²) in [5.41, 5.74) is 4.63. The first-order valence-electron chi connectivity index (χ1n) is 10.2. The number of benzene rings is 2. The minimum Gasteiger partial charge on any atom is -0.336 e. The summed E-state index contributed by atoms with van der Waals surface area (Å²) < 4.78 is 6.77. The summed E-state index contributed by atoms with van der Waals surface area (Å²) in [6.07, 6.45) is 0. The Hall–Kier alpha value is -4.01. The number of rotatable bonds is 6. The summed E-state index contributed by atoms with van der Waals surface area (Å²) in [5, 5.41) is 10.4. The fourth-order valence-electron chi connectivity index (χ4n) is 3.68. The highest BCUT2D eigenvalue weighted by molar-refractivity contribution is 6.07. The number of fused-ring (bicyclic) bond motifs is 1. The van der Waals surface area contributed by atoms with Crippen LogP contribution in [0.4, 0.5) is 5.69 Å². The van der Waals surface area contributed by atoms with Gasteiger partial charge in [0.25, 0.3) is 5.91 Å². The van der Waals surface area contributed by atoms with Gasteiger partial charge in [0, 0.05) is 26.2 Å². The zero-order valence-corrected chi connectivity index (χ0v) is 18.4. The topological polar surface area (TPSA) is 106 Å². The Morgan fingerprint density at radius 3 is 2.53 bits per heavy atom. The van der Waals surface area contributed by atoms with Crippen LogP contribution in [0.15, 0.2) is 47.1 Å². The molecule has 2 aromatic heterocycles. The van der Waals surface area contributed by atoms with E-state index in [0.29, 0.717) is 40.2 Å². The van der Waals surface area contributed by atoms with E-state index in [2.05, 4.69) is 20.6 Å². The van der Waals surface area contributed by atoms with Gasteiger partial charge in [0.2, 0.25) is 5.91 Å². The minimum atomic E-state index is -0.223. The van der Waals surface area contributed by atoms with Crippen molar-refractivity contribution in [3.05, 3.63) is 70.8 Å². The van der Waals surface area contributed by atoms with E-state index in [0.717, 1.165) is 11.4 Å². The number of hydrogen-bond donors (Lipinski definition) is 1. The van der Waals surface area contributed by atoms with E-state index in [4.69, 9.17) is 4.63 Å². The molecule has 4 rings (SSSR count). The molecule has 0 aliphatic rings. The van der Waals surface area contributed by atoms with E-state index in [1.165, 1.54) is 6.92 Å². The van der Waals surface area contributed by atoms with Crippen molar-refractivity contribution >= 4 is 28.5 Å². The maximum absolute atomic E-state index is 13.5. The van der Waals surface area contributed by atoms with E-state index < -0.39 is 0 Å². The summed E-state index contributed by atoms with van der Waals surface area (Å²) in [6, 6.07) is 13.5. The van der Waals surface area contributed by atoms with Gasteiger partial charge in [-0.2, -0.15) is 0 Å². The minimum absolute atomic E-state index is 0.221. The van der Waals surface area contributed by atoms with Crippen molar-refractivity contribution in [1.29, 1.82) is 0 Å². The third-order valence-corrected chi connectivity index (χ3v) is 5.25. The summed E-state index contributed by atoms with van der Waals surface area (Å²) >= 11 is 0. The normalized spacial score (nSPS) is 11.0. The van der Waals surface area contributed by atoms with Crippen LogP contribution in [0.5, 0.6) is 0 Å². The summed E-state index contributed by atoms with van der Waals surface area (Å²) in [5.74, 6) is 0.330. The SMILES string of the molecule is CC(=O)Nc1cc(C(=O)N(C)Cc2nonc2C)c2c(c1)nc(C)n2Cc1ccccc1. The Bertz CT molecular complexity index is 1290. The van der Waals surface area contributed by atoms with Gasteiger partial charge in [0.05, 0.1) is 23.1 Å². The van der Waals surface area contributed by atoms with Crippen LogP contribution in [-0.2, 0) is 17.9 Å². The predicted molar refractivity (Wildman–Crippen MR) is 119 cm³/mol. The summed E-state index contributed by atoms with van der Waals surface area (Å²) in [6.45, 7) is 5.92. The molecular formula is C23H24N6O3. The zero-order valence-electron chi connectivity index (χ0n) is 18.4. The second-order valence-corrected chi connectivity index (χ2v) is 7.76. The molecule has 0 aliphatic heterocycles. The molecule has 4 aromatic rings. The van der Waals surface area contributed by atoms with Gasteiger partial charge in [-0.15, -0.1) is 0 Å². The third kappa shape index (κ3) is 4.22. The van der Waals surface area contributed by atoms with Crippen LogP contribution in [0.25, 0.3) is 11.0 Å². The van der Waals surface area contributed by atoms with Gasteiger partial charge in [0.15, 0.2) is 0 Å². The summed E-state index contributed by atoms with van der Waals surface area (Å²) in [7, 11) is 1.69. The highest BCUT2D eigenvalue weighted by Crippen LogP contribution is 2.27. The van der Waals surface area contributed by atoms with Crippen LogP contribution in [0.1, 0.15) is 40.1 Å². The number of carbonyl (C=O) groups excluding carboxylic acids is 2. The molecule has 0 saturated carbocycles. The zero-order chi connectivity index (χ0) is 22.8. The number of aryl methyl sites for hydroxylation is 2. The highest BCUT2D eigenvalue weighted by Gasteiger charge is 2.23. The third-order valence-electron chi connectivity index (χ3n) is 5.25. The number of imidazole rings is 1. The Labute approximate surface area is 185 Å². The van der Waals surface area contributed by atoms with Crippen LogP contribution in [-0.4, -0.2) is 43.6 Å². The number of hydrogen-bond acceptors (Lipinski definition) is 6. The first kappa shape index (κ1) is 21.2. The lowest BCUT2D eigenvalue weighted by Crippen LogP contribution is -2.27. The van der Waals surface area contributed by atoms with Crippen molar-refractivity contribution in [2.75, 3.05) is 12.4 Å². The van der Waals surface area contributed by atoms with Crippen LogP contribution in [0.3, 0.4) is 0 Å². The largest absolute Gasteiger partial charge is 0.336 e. The van der Waals surface area contributed by atoms with Gasteiger partial charge in [0.1, 0.15) is 17.2 Å². The molecule has 2 heterocycles. The molecule has 9 nitrogen and oxygen atoms in total. The van der Waals surface area contributed by atoms with Gasteiger partial charge in [-0.05, 0) is 31.5 Å². The van der Waals surface area contributed by atoms with E-state index in [1.54, 1.807) is 31.0 Å². The van der Waals surface area contributed by atoms with Crippen molar-refractivity contribution in [1.82, 2.24) is 24.8 Å². The molecule has 0 radical (unpaired) electrons. The molecule has 32 heavy (non-hydrogen) atoms. The average Bonchev–Trinajstić information content (AvgIpc) is 3.29. The van der Waals surface area contributed by atoms with Crippen LogP contribution < -0.4 is 5.32 Å². The van der Waals surface area contributed by atoms with Gasteiger partial charge in [-0.25, -0.2) is 9.61 Å². The number of nitrogens with one attached hydrogen (secondary N) is 1. The maximum atomic E-state index is 13.5. The molecule has 0 spiro atoms. The number of carbonyl (C=O) groups is 2. The maximum Gasteiger partial charge on any atom is 0.256 e. The number of nitrogens with zero attached hydrogens (tertiary/aromatic N) is 5. The van der Waals surface area contributed by atoms with Crippen LogP contribution >= 0.6 is 0 Å². The molecule has 2 aromatic carbocycles. The van der Waals surface area contributed by atoms with Gasteiger partial charge < -0.3 is 14.8 Å². The van der Waals surface area contributed by atoms with Crippen LogP contribution in [0, 0.1) is 13.8 Å². The highest BCUT2D eigenvalue weighted by atomic mass is 16.6. The fourth-order valence-corrected chi connectivity index (χ4v) is 3.68. The quantitative estimate of drug-likeness (QED) is 0.501. The lowest BCUT2D eigenvalue weighted by molar-refractivity contribution is -0.114. The molecule has 9 heteroatoms. The molecule has 0 aliphatic carbocycles. The Morgan fingerprint density at radius 2 is 1.88 bits per heavy atom. The number of aromatic nitrogens is 4. The van der Waals surface area contributed by atoms with Crippen molar-refractivity contribution in [3.8, 4) is 0 Å². The smallest absolute Gasteiger partial charge is 0.256 e. The van der Waals surface area contributed by atoms with Crippen molar-refractivity contribution in [2.24, 2.45) is 0 Å². The van der Waals surface area contributed by atoms with E-state index in [1.807, 2.05) is 41.8 Å². The molecule has 0 saturated heterocycles. The second kappa shape index (κ2) is 8.62. The van der Waals surface area contributed by atoms with Crippen molar-refractivity contribution in [2.45, 2.75) is 33.9 Å². The van der Waals surface area contributed by atoms with Crippen molar-refractivity contribution < 1.29 is 14.2 Å². The molecule has 0 atom stereocenters. The lowest BCUT2D eigenvalue weighted by atomic mass is 10.1. The van der Waals surface area contributed by atoms with E-state index in [-0.39, 0.29) is 18.4 Å². The van der Waals surface area contributed by atoms with E-state index in [9.17, 15) is 9.59 Å². The lowest BCUT2D eigenvalue weighted by Gasteiger charge is -2.18. The fraction of sp³-hybridized carbons (Fsp3) is 0.261. The molecule has 164 valence electrons. The molecule has 0 fully saturated rings. The monoisotopic (exact) mass is 432 g/mol. The molecular weight excluding hydrogens is 408 g/mol. The summed E-state index contributed by atoms with van der Waals surface area (Å²) in [4.78, 5) is 31.4. The Balaban J connectivity index is 1.81. The molecule has 2 amide bonds. The van der Waals surface area contributed by atoms with E-state index >= 15 is 0 Å². The van der Waals surface area contributed by atoms with Gasteiger partial charge in [-0.1, -0.05) is 40.6 Å². The standard InChI is InChI=1S/C23H24N6O3/c1-14-21(27-32-26-14)13-28(4)23(31)19-10-18(25-16(3)30)11-20-22(19)29(15(2)24-20)12-17-8-6-5-7-9-17/h5-11H,12-13H2,1-4H3,(H,25,30).